The Morgan fingerprint density at radius 2 is 1.22 bits per heavy atom. The van der Waals surface area contributed by atoms with Gasteiger partial charge in [-0.1, -0.05) is 67.7 Å². The van der Waals surface area contributed by atoms with Gasteiger partial charge in [0, 0.05) is 0 Å². The van der Waals surface area contributed by atoms with E-state index in [1.54, 1.807) is 0 Å². The van der Waals surface area contributed by atoms with Crippen LogP contribution >= 0.6 is 0 Å². The zero-order valence-corrected chi connectivity index (χ0v) is 14.1. The van der Waals surface area contributed by atoms with Crippen LogP contribution in [0.1, 0.15) is 87.0 Å². The normalized spacial score (nSPS) is 18.7. The van der Waals surface area contributed by atoms with Crippen LogP contribution in [0.2, 0.25) is 0 Å². The fourth-order valence-electron chi connectivity index (χ4n) is 3.23. The van der Waals surface area contributed by atoms with E-state index >= 15 is 0 Å². The van der Waals surface area contributed by atoms with Crippen molar-refractivity contribution in [3.63, 3.8) is 0 Å². The number of hydrogen-bond acceptors (Lipinski definition) is 0. The van der Waals surface area contributed by atoms with Gasteiger partial charge in [0.1, 0.15) is 0 Å². The van der Waals surface area contributed by atoms with Gasteiger partial charge in [-0.15, -0.1) is 0 Å². The predicted molar refractivity (Wildman–Crippen MR) is 84.9 cm³/mol. The van der Waals surface area contributed by atoms with Gasteiger partial charge in [-0.3, -0.25) is 0 Å². The molecule has 0 spiro atoms. The second-order valence-corrected chi connectivity index (χ2v) is 7.22. The summed E-state index contributed by atoms with van der Waals surface area (Å²) >= 11 is 0. The Balaban J connectivity index is 4.18. The highest BCUT2D eigenvalue weighted by Gasteiger charge is 2.20. The van der Waals surface area contributed by atoms with Crippen LogP contribution < -0.4 is 0 Å². The Hall–Kier alpha value is 0. The summed E-state index contributed by atoms with van der Waals surface area (Å²) in [6, 6.07) is 0. The van der Waals surface area contributed by atoms with E-state index in [1.165, 1.54) is 38.5 Å². The summed E-state index contributed by atoms with van der Waals surface area (Å²) in [6.45, 7) is 16.8. The van der Waals surface area contributed by atoms with Crippen molar-refractivity contribution in [3.05, 3.63) is 0 Å². The Kier molecular flexibility index (Phi) is 9.87. The largest absolute Gasteiger partial charge is 0.0654 e. The molecule has 4 atom stereocenters. The average Bonchev–Trinajstić information content (AvgIpc) is 2.27. The molecule has 0 nitrogen and oxygen atoms in total. The van der Waals surface area contributed by atoms with E-state index in [0.29, 0.717) is 0 Å². The molecule has 0 aromatic rings. The summed E-state index contributed by atoms with van der Waals surface area (Å²) < 4.78 is 0. The first-order valence-electron chi connectivity index (χ1n) is 8.40. The molecule has 0 radical (unpaired) electrons. The van der Waals surface area contributed by atoms with Crippen LogP contribution in [0.15, 0.2) is 0 Å². The maximum atomic E-state index is 2.46. The first-order valence-corrected chi connectivity index (χ1v) is 8.40. The van der Waals surface area contributed by atoms with Gasteiger partial charge >= 0.3 is 0 Å². The van der Waals surface area contributed by atoms with Crippen molar-refractivity contribution < 1.29 is 0 Å². The van der Waals surface area contributed by atoms with Crippen molar-refractivity contribution in [2.75, 3.05) is 0 Å². The first-order chi connectivity index (χ1) is 8.40. The molecule has 0 heteroatoms. The Labute approximate surface area is 117 Å². The van der Waals surface area contributed by atoms with Crippen molar-refractivity contribution >= 4 is 0 Å². The van der Waals surface area contributed by atoms with E-state index in [0.717, 1.165) is 29.6 Å². The van der Waals surface area contributed by atoms with Crippen LogP contribution in [-0.2, 0) is 0 Å². The van der Waals surface area contributed by atoms with Crippen LogP contribution in [0.3, 0.4) is 0 Å². The minimum absolute atomic E-state index is 0.851. The molecule has 4 unspecified atom stereocenters. The molecule has 110 valence electrons. The van der Waals surface area contributed by atoms with Crippen molar-refractivity contribution in [2.24, 2.45) is 29.6 Å². The molecule has 0 heterocycles. The monoisotopic (exact) mass is 254 g/mol. The lowest BCUT2D eigenvalue weighted by Crippen LogP contribution is -2.17. The summed E-state index contributed by atoms with van der Waals surface area (Å²) in [5.41, 5.74) is 0. The number of rotatable bonds is 10. The molecule has 0 aromatic heterocycles. The molecule has 0 aliphatic rings. The lowest BCUT2D eigenvalue weighted by Gasteiger charge is -2.28. The lowest BCUT2D eigenvalue weighted by atomic mass is 9.78. The summed E-state index contributed by atoms with van der Waals surface area (Å²) in [5, 5.41) is 0. The van der Waals surface area contributed by atoms with E-state index in [9.17, 15) is 0 Å². The van der Waals surface area contributed by atoms with Crippen LogP contribution in [0.5, 0.6) is 0 Å². The van der Waals surface area contributed by atoms with Crippen LogP contribution in [0, 0.1) is 29.6 Å². The maximum absolute atomic E-state index is 2.46. The molecule has 0 N–H and O–H groups in total. The summed E-state index contributed by atoms with van der Waals surface area (Å²) in [6.07, 6.45) is 8.38. The van der Waals surface area contributed by atoms with E-state index in [1.807, 2.05) is 0 Å². The Bertz CT molecular complexity index is 182. The zero-order chi connectivity index (χ0) is 14.1. The quantitative estimate of drug-likeness (QED) is 0.415. The zero-order valence-electron chi connectivity index (χ0n) is 14.1. The second-order valence-electron chi connectivity index (χ2n) is 7.22. The van der Waals surface area contributed by atoms with Crippen LogP contribution in [0.25, 0.3) is 0 Å². The van der Waals surface area contributed by atoms with Gasteiger partial charge in [0.2, 0.25) is 0 Å². The van der Waals surface area contributed by atoms with Gasteiger partial charge < -0.3 is 0 Å². The summed E-state index contributed by atoms with van der Waals surface area (Å²) in [7, 11) is 0. The minimum Gasteiger partial charge on any atom is -0.0654 e. The molecule has 0 aromatic carbocycles. The van der Waals surface area contributed by atoms with E-state index < -0.39 is 0 Å². The van der Waals surface area contributed by atoms with Crippen molar-refractivity contribution in [1.82, 2.24) is 0 Å². The predicted octanol–water partition coefficient (Wildman–Crippen LogP) is 6.55. The van der Waals surface area contributed by atoms with E-state index in [2.05, 4.69) is 48.5 Å². The lowest BCUT2D eigenvalue weighted by molar-refractivity contribution is 0.232. The first kappa shape index (κ1) is 18.0. The molecule has 0 saturated heterocycles. The smallest absolute Gasteiger partial charge is 0.0386 e. The van der Waals surface area contributed by atoms with Gasteiger partial charge in [-0.05, 0) is 48.9 Å². The van der Waals surface area contributed by atoms with Gasteiger partial charge in [0.15, 0.2) is 0 Å². The van der Waals surface area contributed by atoms with Crippen LogP contribution in [-0.4, -0.2) is 0 Å². The molecule has 0 fully saturated rings. The highest BCUT2D eigenvalue weighted by atomic mass is 14.3. The molecule has 0 saturated carbocycles. The third kappa shape index (κ3) is 8.16. The third-order valence-electron chi connectivity index (χ3n) is 4.64. The van der Waals surface area contributed by atoms with Crippen molar-refractivity contribution in [1.29, 1.82) is 0 Å². The van der Waals surface area contributed by atoms with E-state index in [-0.39, 0.29) is 0 Å². The third-order valence-corrected chi connectivity index (χ3v) is 4.64. The highest BCUT2D eigenvalue weighted by molar-refractivity contribution is 4.71. The minimum atomic E-state index is 0.851. The fourth-order valence-corrected chi connectivity index (χ4v) is 3.23. The average molecular weight is 255 g/mol. The molecule has 0 amide bonds. The Morgan fingerprint density at radius 1 is 0.667 bits per heavy atom. The topological polar surface area (TPSA) is 0 Å². The van der Waals surface area contributed by atoms with Gasteiger partial charge in [0.05, 0.1) is 0 Å². The molecular weight excluding hydrogens is 216 g/mol. The molecule has 0 bridgehead atoms. The summed E-state index contributed by atoms with van der Waals surface area (Å²) in [4.78, 5) is 0. The molecule has 0 rings (SSSR count). The SMILES string of the molecule is CCCC(C)CC(CC(C)CC(C)CC)C(C)C. The van der Waals surface area contributed by atoms with E-state index in [4.69, 9.17) is 0 Å². The van der Waals surface area contributed by atoms with Crippen molar-refractivity contribution in [3.8, 4) is 0 Å². The fraction of sp³-hybridized carbons (Fsp3) is 1.00. The van der Waals surface area contributed by atoms with Gasteiger partial charge in [-0.2, -0.15) is 0 Å². The van der Waals surface area contributed by atoms with Gasteiger partial charge in [-0.25, -0.2) is 0 Å². The van der Waals surface area contributed by atoms with Crippen molar-refractivity contribution in [2.45, 2.75) is 87.0 Å². The number of hydrogen-bond donors (Lipinski definition) is 0. The maximum Gasteiger partial charge on any atom is -0.0386 e. The second kappa shape index (κ2) is 9.87. The Morgan fingerprint density at radius 3 is 1.67 bits per heavy atom. The van der Waals surface area contributed by atoms with Crippen LogP contribution in [0.4, 0.5) is 0 Å². The molecule has 0 aliphatic heterocycles. The molecular formula is C18H38. The molecule has 0 aliphatic carbocycles. The molecule has 18 heavy (non-hydrogen) atoms. The standard InChI is InChI=1S/C18H38/c1-8-10-16(6)12-18(14(3)4)13-17(7)11-15(5)9-2/h14-18H,8-13H2,1-7H3. The highest BCUT2D eigenvalue weighted by Crippen LogP contribution is 2.31. The summed E-state index contributed by atoms with van der Waals surface area (Å²) in [5.74, 6) is 4.51. The van der Waals surface area contributed by atoms with Gasteiger partial charge in [0.25, 0.3) is 0 Å².